The first-order valence-electron chi connectivity index (χ1n) is 19.7. The molecule has 0 saturated heterocycles. The average molecular weight is 738 g/mol. The van der Waals surface area contributed by atoms with Crippen LogP contribution in [0, 0.1) is 0 Å². The Morgan fingerprint density at radius 2 is 0.655 bits per heavy atom. The molecule has 0 amide bonds. The Labute approximate surface area is 336 Å². The summed E-state index contributed by atoms with van der Waals surface area (Å²) in [5, 5.41) is 9.64. The van der Waals surface area contributed by atoms with Crippen molar-refractivity contribution in [2.45, 2.75) is 0 Å². The van der Waals surface area contributed by atoms with Gasteiger partial charge in [-0.1, -0.05) is 200 Å². The van der Waals surface area contributed by atoms with E-state index >= 15 is 0 Å². The Bertz CT molecular complexity index is 3230. The topological polar surface area (TPSA) is 38.7 Å². The molecule has 0 aliphatic rings. The van der Waals surface area contributed by atoms with E-state index in [0.29, 0.717) is 17.5 Å². The zero-order valence-electron chi connectivity index (χ0n) is 31.5. The summed E-state index contributed by atoms with van der Waals surface area (Å²) < 4.78 is 0. The molecular weight excluding hydrogens is 703 g/mol. The van der Waals surface area contributed by atoms with E-state index in [0.717, 1.165) is 49.7 Å². The number of nitrogens with zero attached hydrogens (tertiary/aromatic N) is 3. The molecule has 0 saturated carbocycles. The second-order valence-electron chi connectivity index (χ2n) is 14.7. The highest BCUT2D eigenvalue weighted by atomic mass is 15.0. The van der Waals surface area contributed by atoms with Gasteiger partial charge in [-0.15, -0.1) is 0 Å². The molecule has 11 rings (SSSR count). The summed E-state index contributed by atoms with van der Waals surface area (Å²) in [5.41, 5.74) is 9.61. The zero-order valence-corrected chi connectivity index (χ0v) is 31.5. The lowest BCUT2D eigenvalue weighted by atomic mass is 9.87. The summed E-state index contributed by atoms with van der Waals surface area (Å²) in [4.78, 5) is 16.0. The van der Waals surface area contributed by atoms with Gasteiger partial charge in [-0.25, -0.2) is 15.0 Å². The molecule has 58 heavy (non-hydrogen) atoms. The van der Waals surface area contributed by atoms with Gasteiger partial charge in [-0.05, 0) is 88.6 Å². The van der Waals surface area contributed by atoms with Gasteiger partial charge in [0.15, 0.2) is 17.5 Å². The Balaban J connectivity index is 1.18. The van der Waals surface area contributed by atoms with Crippen LogP contribution in [-0.2, 0) is 0 Å². The van der Waals surface area contributed by atoms with Crippen molar-refractivity contribution in [2.24, 2.45) is 0 Å². The standard InChI is InChI=1S/C55H35N3/c1-3-17-36(18-4-1)40-23-11-15-29-48(40)53-56-54(49-30-16-12-24-41(49)37-19-5-2-6-20-37)58-55(57-53)50-34-33-46(44-27-13-14-28-45(44)50)52-43-26-10-8-22-39(43)35-51-42-25-9-7-21-38(42)31-32-47(51)52/h1-35H. The lowest BCUT2D eigenvalue weighted by Crippen LogP contribution is -2.02. The molecule has 270 valence electrons. The highest BCUT2D eigenvalue weighted by molar-refractivity contribution is 6.23. The normalized spacial score (nSPS) is 11.4. The van der Waals surface area contributed by atoms with E-state index in [-0.39, 0.29) is 0 Å². The SMILES string of the molecule is c1ccc(-c2ccccc2-c2nc(-c3ccccc3-c3ccccc3)nc(-c3ccc(-c4c5ccccc5cc5c4ccc4ccccc45)c4ccccc34)n2)cc1. The van der Waals surface area contributed by atoms with E-state index in [1.54, 1.807) is 0 Å². The largest absolute Gasteiger partial charge is 0.208 e. The van der Waals surface area contributed by atoms with Crippen LogP contribution in [0.1, 0.15) is 0 Å². The van der Waals surface area contributed by atoms with Gasteiger partial charge in [0.2, 0.25) is 0 Å². The first-order valence-corrected chi connectivity index (χ1v) is 19.7. The van der Waals surface area contributed by atoms with Crippen LogP contribution in [0.5, 0.6) is 0 Å². The minimum Gasteiger partial charge on any atom is -0.208 e. The van der Waals surface area contributed by atoms with Crippen LogP contribution in [0.2, 0.25) is 0 Å². The maximum Gasteiger partial charge on any atom is 0.164 e. The van der Waals surface area contributed by atoms with E-state index in [2.05, 4.69) is 200 Å². The smallest absolute Gasteiger partial charge is 0.164 e. The average Bonchev–Trinajstić information content (AvgIpc) is 3.31. The highest BCUT2D eigenvalue weighted by Gasteiger charge is 2.21. The van der Waals surface area contributed by atoms with Crippen LogP contribution >= 0.6 is 0 Å². The lowest BCUT2D eigenvalue weighted by molar-refractivity contribution is 1.08. The fourth-order valence-electron chi connectivity index (χ4n) is 8.65. The van der Waals surface area contributed by atoms with Crippen LogP contribution in [0.25, 0.3) is 111 Å². The number of benzene rings is 10. The van der Waals surface area contributed by atoms with E-state index in [1.165, 1.54) is 43.4 Å². The third-order valence-corrected chi connectivity index (χ3v) is 11.3. The van der Waals surface area contributed by atoms with E-state index in [9.17, 15) is 0 Å². The van der Waals surface area contributed by atoms with Crippen molar-refractivity contribution in [1.29, 1.82) is 0 Å². The van der Waals surface area contributed by atoms with Crippen LogP contribution in [0.15, 0.2) is 212 Å². The number of hydrogen-bond acceptors (Lipinski definition) is 3. The maximum atomic E-state index is 5.35. The van der Waals surface area contributed by atoms with Crippen molar-refractivity contribution >= 4 is 43.1 Å². The molecule has 0 aliphatic heterocycles. The highest BCUT2D eigenvalue weighted by Crippen LogP contribution is 2.44. The molecule has 0 spiro atoms. The van der Waals surface area contributed by atoms with Gasteiger partial charge in [-0.2, -0.15) is 0 Å². The molecule has 3 heteroatoms. The predicted octanol–water partition coefficient (Wildman–Crippen LogP) is 14.5. The second kappa shape index (κ2) is 14.1. The number of aromatic nitrogens is 3. The Hall–Kier alpha value is -7.75. The van der Waals surface area contributed by atoms with Crippen LogP contribution in [0.4, 0.5) is 0 Å². The Morgan fingerprint density at radius 3 is 1.26 bits per heavy atom. The molecule has 10 aromatic carbocycles. The molecule has 1 aromatic heterocycles. The first-order chi connectivity index (χ1) is 28.8. The summed E-state index contributed by atoms with van der Waals surface area (Å²) in [7, 11) is 0. The monoisotopic (exact) mass is 737 g/mol. The number of hydrogen-bond donors (Lipinski definition) is 0. The molecular formula is C55H35N3. The molecule has 0 aliphatic carbocycles. The zero-order chi connectivity index (χ0) is 38.4. The van der Waals surface area contributed by atoms with Crippen LogP contribution < -0.4 is 0 Å². The van der Waals surface area contributed by atoms with Gasteiger partial charge in [0.1, 0.15) is 0 Å². The van der Waals surface area contributed by atoms with Crippen molar-refractivity contribution in [2.75, 3.05) is 0 Å². The maximum absolute atomic E-state index is 5.35. The molecule has 11 aromatic rings. The Kier molecular flexibility index (Phi) is 8.15. The molecule has 1 heterocycles. The van der Waals surface area contributed by atoms with E-state index < -0.39 is 0 Å². The molecule has 0 atom stereocenters. The quantitative estimate of drug-likeness (QED) is 0.126. The molecule has 0 N–H and O–H groups in total. The van der Waals surface area contributed by atoms with Crippen molar-refractivity contribution in [3.05, 3.63) is 212 Å². The molecule has 0 unspecified atom stereocenters. The summed E-state index contributed by atoms with van der Waals surface area (Å²) in [6.07, 6.45) is 0. The number of rotatable bonds is 6. The lowest BCUT2D eigenvalue weighted by Gasteiger charge is -2.18. The fourth-order valence-corrected chi connectivity index (χ4v) is 8.65. The van der Waals surface area contributed by atoms with Gasteiger partial charge < -0.3 is 0 Å². The summed E-state index contributed by atoms with van der Waals surface area (Å²) in [6, 6.07) is 75.2. The van der Waals surface area contributed by atoms with Gasteiger partial charge in [0, 0.05) is 16.7 Å². The third-order valence-electron chi connectivity index (χ3n) is 11.3. The van der Waals surface area contributed by atoms with E-state index in [4.69, 9.17) is 15.0 Å². The second-order valence-corrected chi connectivity index (χ2v) is 14.7. The van der Waals surface area contributed by atoms with Crippen molar-refractivity contribution in [3.63, 3.8) is 0 Å². The van der Waals surface area contributed by atoms with Crippen molar-refractivity contribution in [1.82, 2.24) is 15.0 Å². The van der Waals surface area contributed by atoms with Gasteiger partial charge in [0.25, 0.3) is 0 Å². The van der Waals surface area contributed by atoms with Crippen LogP contribution in [0.3, 0.4) is 0 Å². The van der Waals surface area contributed by atoms with E-state index in [1.807, 2.05) is 12.1 Å². The Morgan fingerprint density at radius 1 is 0.224 bits per heavy atom. The van der Waals surface area contributed by atoms with Gasteiger partial charge in [-0.3, -0.25) is 0 Å². The molecule has 0 bridgehead atoms. The van der Waals surface area contributed by atoms with Crippen molar-refractivity contribution < 1.29 is 0 Å². The summed E-state index contributed by atoms with van der Waals surface area (Å²) >= 11 is 0. The summed E-state index contributed by atoms with van der Waals surface area (Å²) in [5.74, 6) is 1.88. The summed E-state index contributed by atoms with van der Waals surface area (Å²) in [6.45, 7) is 0. The minimum absolute atomic E-state index is 0.627. The van der Waals surface area contributed by atoms with Crippen molar-refractivity contribution in [3.8, 4) is 67.5 Å². The first kappa shape index (κ1) is 33.6. The molecule has 3 nitrogen and oxygen atoms in total. The minimum atomic E-state index is 0.627. The molecule has 0 fully saturated rings. The van der Waals surface area contributed by atoms with Gasteiger partial charge >= 0.3 is 0 Å². The number of fused-ring (bicyclic) bond motifs is 5. The molecule has 0 radical (unpaired) electrons. The van der Waals surface area contributed by atoms with Crippen LogP contribution in [-0.4, -0.2) is 15.0 Å². The predicted molar refractivity (Wildman–Crippen MR) is 242 cm³/mol. The fraction of sp³-hybridized carbons (Fsp3) is 0. The van der Waals surface area contributed by atoms with Gasteiger partial charge in [0.05, 0.1) is 0 Å². The third kappa shape index (κ3) is 5.72.